The van der Waals surface area contributed by atoms with Gasteiger partial charge in [0.1, 0.15) is 5.76 Å². The lowest BCUT2D eigenvalue weighted by atomic mass is 10.2. The first-order valence-electron chi connectivity index (χ1n) is 5.46. The second-order valence-corrected chi connectivity index (χ2v) is 4.97. The molecule has 0 saturated heterocycles. The van der Waals surface area contributed by atoms with Gasteiger partial charge in [0.25, 0.3) is 0 Å². The van der Waals surface area contributed by atoms with E-state index < -0.39 is 5.97 Å². The van der Waals surface area contributed by atoms with Gasteiger partial charge < -0.3 is 9.63 Å². The quantitative estimate of drug-likeness (QED) is 0.857. The molecule has 1 N–H and O–H groups in total. The fourth-order valence-electron chi connectivity index (χ4n) is 1.56. The van der Waals surface area contributed by atoms with Crippen LogP contribution < -0.4 is 0 Å². The van der Waals surface area contributed by atoms with Gasteiger partial charge in [0.2, 0.25) is 0 Å². The standard InChI is InChI=1S/C13H13NO3S/c1-8-12(9(2)17-14-8)7-18-11-5-3-10(4-6-11)13(15)16/h3-6H,7H2,1-2H3,(H,15,16). The Morgan fingerprint density at radius 3 is 2.50 bits per heavy atom. The third-order valence-electron chi connectivity index (χ3n) is 2.67. The van der Waals surface area contributed by atoms with Gasteiger partial charge in [0, 0.05) is 16.2 Å². The molecule has 94 valence electrons. The number of aryl methyl sites for hydroxylation is 2. The summed E-state index contributed by atoms with van der Waals surface area (Å²) in [4.78, 5) is 11.7. The third kappa shape index (κ3) is 2.73. The summed E-state index contributed by atoms with van der Waals surface area (Å²) in [7, 11) is 0. The number of rotatable bonds is 4. The average molecular weight is 263 g/mol. The Morgan fingerprint density at radius 1 is 1.33 bits per heavy atom. The minimum atomic E-state index is -0.905. The van der Waals surface area contributed by atoms with E-state index in [2.05, 4.69) is 5.16 Å². The van der Waals surface area contributed by atoms with Crippen molar-refractivity contribution < 1.29 is 14.4 Å². The molecule has 5 heteroatoms. The van der Waals surface area contributed by atoms with E-state index in [1.807, 2.05) is 26.0 Å². The first kappa shape index (κ1) is 12.7. The van der Waals surface area contributed by atoms with Gasteiger partial charge in [-0.2, -0.15) is 0 Å². The molecule has 1 aromatic carbocycles. The van der Waals surface area contributed by atoms with Gasteiger partial charge in [-0.1, -0.05) is 5.16 Å². The van der Waals surface area contributed by atoms with E-state index >= 15 is 0 Å². The van der Waals surface area contributed by atoms with Crippen LogP contribution in [0.25, 0.3) is 0 Å². The van der Waals surface area contributed by atoms with Crippen molar-refractivity contribution in [2.75, 3.05) is 0 Å². The number of hydrogen-bond acceptors (Lipinski definition) is 4. The minimum absolute atomic E-state index is 0.302. The van der Waals surface area contributed by atoms with Crippen molar-refractivity contribution in [2.45, 2.75) is 24.5 Å². The van der Waals surface area contributed by atoms with E-state index in [0.29, 0.717) is 5.56 Å². The zero-order chi connectivity index (χ0) is 13.1. The number of nitrogens with zero attached hydrogens (tertiary/aromatic N) is 1. The zero-order valence-corrected chi connectivity index (χ0v) is 11.0. The van der Waals surface area contributed by atoms with Gasteiger partial charge in [-0.15, -0.1) is 11.8 Å². The fraction of sp³-hybridized carbons (Fsp3) is 0.231. The smallest absolute Gasteiger partial charge is 0.335 e. The van der Waals surface area contributed by atoms with Crippen LogP contribution in [0.1, 0.15) is 27.4 Å². The molecule has 0 amide bonds. The molecule has 18 heavy (non-hydrogen) atoms. The Hall–Kier alpha value is -1.75. The lowest BCUT2D eigenvalue weighted by Crippen LogP contribution is -1.94. The van der Waals surface area contributed by atoms with Crippen molar-refractivity contribution in [3.8, 4) is 0 Å². The fourth-order valence-corrected chi connectivity index (χ4v) is 2.61. The van der Waals surface area contributed by atoms with Crippen molar-refractivity contribution in [3.63, 3.8) is 0 Å². The van der Waals surface area contributed by atoms with Crippen LogP contribution >= 0.6 is 11.8 Å². The van der Waals surface area contributed by atoms with Crippen LogP contribution in [0.5, 0.6) is 0 Å². The molecule has 0 aliphatic carbocycles. The van der Waals surface area contributed by atoms with Crippen molar-refractivity contribution in [1.29, 1.82) is 0 Å². The van der Waals surface area contributed by atoms with Crippen LogP contribution in [0, 0.1) is 13.8 Å². The Kier molecular flexibility index (Phi) is 3.72. The second kappa shape index (κ2) is 5.27. The summed E-state index contributed by atoms with van der Waals surface area (Å²) in [5, 5.41) is 12.7. The first-order chi connectivity index (χ1) is 8.58. The highest BCUT2D eigenvalue weighted by molar-refractivity contribution is 7.98. The van der Waals surface area contributed by atoms with E-state index in [4.69, 9.17) is 9.63 Å². The first-order valence-corrected chi connectivity index (χ1v) is 6.44. The van der Waals surface area contributed by atoms with Gasteiger partial charge in [0.05, 0.1) is 11.3 Å². The van der Waals surface area contributed by atoms with Gasteiger partial charge in [0.15, 0.2) is 0 Å². The topological polar surface area (TPSA) is 63.3 Å². The SMILES string of the molecule is Cc1noc(C)c1CSc1ccc(C(=O)O)cc1. The molecule has 1 aromatic heterocycles. The molecule has 0 aliphatic rings. The summed E-state index contributed by atoms with van der Waals surface area (Å²) >= 11 is 1.63. The van der Waals surface area contributed by atoms with Crippen molar-refractivity contribution >= 4 is 17.7 Å². The maximum Gasteiger partial charge on any atom is 0.335 e. The Labute approximate surface area is 109 Å². The van der Waals surface area contributed by atoms with E-state index in [1.54, 1.807) is 23.9 Å². The molecule has 0 spiro atoms. The van der Waals surface area contributed by atoms with E-state index in [9.17, 15) is 4.79 Å². The Morgan fingerprint density at radius 2 is 2.00 bits per heavy atom. The average Bonchev–Trinajstić information content (AvgIpc) is 2.67. The van der Waals surface area contributed by atoms with Crippen LogP contribution in [-0.4, -0.2) is 16.2 Å². The van der Waals surface area contributed by atoms with Crippen LogP contribution in [0.2, 0.25) is 0 Å². The van der Waals surface area contributed by atoms with Crippen LogP contribution in [-0.2, 0) is 5.75 Å². The highest BCUT2D eigenvalue weighted by Crippen LogP contribution is 2.26. The van der Waals surface area contributed by atoms with Crippen LogP contribution in [0.3, 0.4) is 0 Å². The maximum absolute atomic E-state index is 10.7. The summed E-state index contributed by atoms with van der Waals surface area (Å²) in [6.45, 7) is 3.81. The van der Waals surface area contributed by atoms with Crippen molar-refractivity contribution in [1.82, 2.24) is 5.16 Å². The highest BCUT2D eigenvalue weighted by Gasteiger charge is 2.09. The number of carboxylic acids is 1. The monoisotopic (exact) mass is 263 g/mol. The molecule has 0 atom stereocenters. The van der Waals surface area contributed by atoms with Crippen molar-refractivity contribution in [3.05, 3.63) is 46.8 Å². The highest BCUT2D eigenvalue weighted by atomic mass is 32.2. The largest absolute Gasteiger partial charge is 0.478 e. The van der Waals surface area contributed by atoms with Crippen molar-refractivity contribution in [2.24, 2.45) is 0 Å². The summed E-state index contributed by atoms with van der Waals surface area (Å²) in [5.41, 5.74) is 2.31. The van der Waals surface area contributed by atoms with Gasteiger partial charge in [-0.3, -0.25) is 0 Å². The molecule has 4 nitrogen and oxygen atoms in total. The number of carbonyl (C=O) groups is 1. The van der Waals surface area contributed by atoms with E-state index in [1.165, 1.54) is 0 Å². The van der Waals surface area contributed by atoms with Crippen LogP contribution in [0.15, 0.2) is 33.7 Å². The third-order valence-corrected chi connectivity index (χ3v) is 3.70. The Bertz CT molecular complexity index is 541. The second-order valence-electron chi connectivity index (χ2n) is 3.92. The molecule has 1 heterocycles. The van der Waals surface area contributed by atoms with Gasteiger partial charge >= 0.3 is 5.97 Å². The predicted molar refractivity (Wildman–Crippen MR) is 68.9 cm³/mol. The summed E-state index contributed by atoms with van der Waals surface area (Å²) in [5.74, 6) is 0.701. The molecule has 0 unspecified atom stereocenters. The minimum Gasteiger partial charge on any atom is -0.478 e. The lowest BCUT2D eigenvalue weighted by Gasteiger charge is -2.02. The molecular formula is C13H13NO3S. The number of hydrogen-bond donors (Lipinski definition) is 1. The van der Waals surface area contributed by atoms with E-state index in [-0.39, 0.29) is 0 Å². The summed E-state index contributed by atoms with van der Waals surface area (Å²) < 4.78 is 5.09. The molecule has 0 radical (unpaired) electrons. The van der Waals surface area contributed by atoms with Gasteiger partial charge in [-0.25, -0.2) is 4.79 Å². The number of aromatic carboxylic acids is 1. The zero-order valence-electron chi connectivity index (χ0n) is 10.1. The van der Waals surface area contributed by atoms with Gasteiger partial charge in [-0.05, 0) is 38.1 Å². The molecule has 0 fully saturated rings. The molecule has 0 bridgehead atoms. The number of carboxylic acid groups (broad SMARTS) is 1. The number of benzene rings is 1. The Balaban J connectivity index is 2.04. The number of aromatic nitrogens is 1. The molecule has 2 rings (SSSR count). The normalized spacial score (nSPS) is 10.6. The lowest BCUT2D eigenvalue weighted by molar-refractivity contribution is 0.0697. The van der Waals surface area contributed by atoms with E-state index in [0.717, 1.165) is 27.7 Å². The molecular weight excluding hydrogens is 250 g/mol. The predicted octanol–water partition coefficient (Wildman–Crippen LogP) is 3.28. The molecule has 0 aliphatic heterocycles. The molecule has 2 aromatic rings. The molecule has 0 saturated carbocycles. The maximum atomic E-state index is 10.7. The van der Waals surface area contributed by atoms with Crippen LogP contribution in [0.4, 0.5) is 0 Å². The summed E-state index contributed by atoms with van der Waals surface area (Å²) in [6, 6.07) is 6.84. The summed E-state index contributed by atoms with van der Waals surface area (Å²) in [6.07, 6.45) is 0. The number of thioether (sulfide) groups is 1.